The maximum atomic E-state index is 13.4. The van der Waals surface area contributed by atoms with Gasteiger partial charge in [-0.25, -0.2) is 13.2 Å². The number of carbonyl (C=O) groups is 1. The van der Waals surface area contributed by atoms with E-state index in [1.54, 1.807) is 18.2 Å². The van der Waals surface area contributed by atoms with Crippen molar-refractivity contribution in [3.05, 3.63) is 57.8 Å². The molecule has 0 aliphatic rings. The first-order chi connectivity index (χ1) is 10.9. The van der Waals surface area contributed by atoms with Crippen LogP contribution in [0, 0.1) is 17.5 Å². The second-order valence-electron chi connectivity index (χ2n) is 4.55. The number of benzene rings is 2. The van der Waals surface area contributed by atoms with Crippen molar-refractivity contribution in [1.29, 1.82) is 0 Å². The third-order valence-electron chi connectivity index (χ3n) is 2.93. The number of carbonyl (C=O) groups excluding carboxylic acids is 1. The van der Waals surface area contributed by atoms with Gasteiger partial charge in [-0.15, -0.1) is 0 Å². The number of hydrogen-bond acceptors (Lipinski definition) is 2. The first kappa shape index (κ1) is 17.4. The van der Waals surface area contributed by atoms with Crippen LogP contribution in [0.25, 0.3) is 0 Å². The molecule has 2 aromatic carbocycles. The second-order valence-corrected chi connectivity index (χ2v) is 5.33. The highest BCUT2D eigenvalue weighted by Crippen LogP contribution is 2.29. The first-order valence-electron chi connectivity index (χ1n) is 6.51. The lowest BCUT2D eigenvalue weighted by atomic mass is 10.2. The molecule has 1 amide bonds. The molecule has 0 aliphatic carbocycles. The quantitative estimate of drug-likeness (QED) is 0.746. The van der Waals surface area contributed by atoms with Crippen LogP contribution in [0.5, 0.6) is 0 Å². The molecular weight excluding hydrogens is 352 g/mol. The summed E-state index contributed by atoms with van der Waals surface area (Å²) in [5.74, 6) is -4.96. The summed E-state index contributed by atoms with van der Waals surface area (Å²) in [6.07, 6.45) is -0.0404. The van der Waals surface area contributed by atoms with Gasteiger partial charge in [0.15, 0.2) is 17.5 Å². The number of rotatable bonds is 5. The molecule has 0 heterocycles. The van der Waals surface area contributed by atoms with Crippen molar-refractivity contribution >= 4 is 40.5 Å². The number of halogens is 5. The fourth-order valence-electron chi connectivity index (χ4n) is 1.79. The smallest absolute Gasteiger partial charge is 0.226 e. The molecule has 2 rings (SSSR count). The van der Waals surface area contributed by atoms with Crippen molar-refractivity contribution in [2.24, 2.45) is 0 Å². The van der Waals surface area contributed by atoms with E-state index in [0.717, 1.165) is 12.1 Å². The summed E-state index contributed by atoms with van der Waals surface area (Å²) in [5, 5.41) is 5.76. The van der Waals surface area contributed by atoms with Crippen molar-refractivity contribution in [3.63, 3.8) is 0 Å². The predicted molar refractivity (Wildman–Crippen MR) is 84.5 cm³/mol. The number of anilines is 2. The van der Waals surface area contributed by atoms with E-state index in [1.807, 2.05) is 0 Å². The minimum atomic E-state index is -1.63. The summed E-state index contributed by atoms with van der Waals surface area (Å²) in [7, 11) is 0. The van der Waals surface area contributed by atoms with Crippen LogP contribution in [0.3, 0.4) is 0 Å². The zero-order valence-electron chi connectivity index (χ0n) is 11.6. The van der Waals surface area contributed by atoms with Crippen LogP contribution in [0.1, 0.15) is 6.42 Å². The van der Waals surface area contributed by atoms with E-state index in [0.29, 0.717) is 15.7 Å². The predicted octanol–water partition coefficient (Wildman–Crippen LogP) is 4.85. The molecule has 0 aromatic heterocycles. The maximum Gasteiger partial charge on any atom is 0.226 e. The summed E-state index contributed by atoms with van der Waals surface area (Å²) in [5.41, 5.74) is 0.126. The Morgan fingerprint density at radius 3 is 2.48 bits per heavy atom. The minimum Gasteiger partial charge on any atom is -0.383 e. The van der Waals surface area contributed by atoms with Gasteiger partial charge in [-0.05, 0) is 24.3 Å². The van der Waals surface area contributed by atoms with Crippen molar-refractivity contribution in [1.82, 2.24) is 0 Å². The van der Waals surface area contributed by atoms with Crippen molar-refractivity contribution in [2.45, 2.75) is 6.42 Å². The van der Waals surface area contributed by atoms with Gasteiger partial charge < -0.3 is 10.6 Å². The molecule has 0 fully saturated rings. The van der Waals surface area contributed by atoms with E-state index in [4.69, 9.17) is 23.2 Å². The SMILES string of the molecule is O=C(CCNc1cccc(Cl)c1Cl)Nc1ccc(F)c(F)c1F. The number of nitrogens with one attached hydrogen (secondary N) is 2. The third-order valence-corrected chi connectivity index (χ3v) is 3.75. The van der Waals surface area contributed by atoms with Crippen molar-refractivity contribution in [3.8, 4) is 0 Å². The first-order valence-corrected chi connectivity index (χ1v) is 7.27. The molecular formula is C15H11Cl2F3N2O. The molecule has 0 unspecified atom stereocenters. The molecule has 122 valence electrons. The van der Waals surface area contributed by atoms with Gasteiger partial charge in [-0.3, -0.25) is 4.79 Å². The lowest BCUT2D eigenvalue weighted by Crippen LogP contribution is -2.17. The monoisotopic (exact) mass is 362 g/mol. The van der Waals surface area contributed by atoms with E-state index >= 15 is 0 Å². The fraction of sp³-hybridized carbons (Fsp3) is 0.133. The topological polar surface area (TPSA) is 41.1 Å². The Hall–Kier alpha value is -1.92. The summed E-state index contributed by atoms with van der Waals surface area (Å²) in [4.78, 5) is 11.7. The highest BCUT2D eigenvalue weighted by atomic mass is 35.5. The van der Waals surface area contributed by atoms with Crippen LogP contribution in [0.4, 0.5) is 24.5 Å². The highest BCUT2D eigenvalue weighted by molar-refractivity contribution is 6.43. The Balaban J connectivity index is 1.91. The molecule has 3 nitrogen and oxygen atoms in total. The molecule has 23 heavy (non-hydrogen) atoms. The van der Waals surface area contributed by atoms with Crippen LogP contribution < -0.4 is 10.6 Å². The van der Waals surface area contributed by atoms with Gasteiger partial charge in [0.05, 0.1) is 21.4 Å². The number of hydrogen-bond donors (Lipinski definition) is 2. The second kappa shape index (κ2) is 7.57. The molecule has 0 saturated carbocycles. The van der Waals surface area contributed by atoms with Gasteiger partial charge in [-0.1, -0.05) is 29.3 Å². The Labute approximate surface area is 140 Å². The van der Waals surface area contributed by atoms with Crippen LogP contribution in [-0.4, -0.2) is 12.5 Å². The van der Waals surface area contributed by atoms with Crippen molar-refractivity contribution in [2.75, 3.05) is 17.2 Å². The van der Waals surface area contributed by atoms with Gasteiger partial charge in [0.1, 0.15) is 0 Å². The van der Waals surface area contributed by atoms with Gasteiger partial charge in [-0.2, -0.15) is 0 Å². The Morgan fingerprint density at radius 2 is 1.74 bits per heavy atom. The molecule has 0 radical (unpaired) electrons. The molecule has 0 atom stereocenters. The zero-order valence-corrected chi connectivity index (χ0v) is 13.1. The summed E-state index contributed by atoms with van der Waals surface area (Å²) in [6.45, 7) is 0.192. The van der Waals surface area contributed by atoms with Crippen LogP contribution in [0.2, 0.25) is 10.0 Å². The number of amides is 1. The standard InChI is InChI=1S/C15H11Cl2F3N2O/c16-8-2-1-3-10(13(8)17)21-7-6-12(23)22-11-5-4-9(18)14(19)15(11)20/h1-5,21H,6-7H2,(H,22,23). The van der Waals surface area contributed by atoms with E-state index < -0.39 is 29.0 Å². The molecule has 8 heteroatoms. The Kier molecular flexibility index (Phi) is 5.74. The third kappa shape index (κ3) is 4.30. The fourth-order valence-corrected chi connectivity index (χ4v) is 2.15. The van der Waals surface area contributed by atoms with E-state index in [9.17, 15) is 18.0 Å². The van der Waals surface area contributed by atoms with E-state index in [2.05, 4.69) is 10.6 Å². The molecule has 2 aromatic rings. The Morgan fingerprint density at radius 1 is 1.00 bits per heavy atom. The maximum absolute atomic E-state index is 13.4. The lowest BCUT2D eigenvalue weighted by Gasteiger charge is -2.10. The van der Waals surface area contributed by atoms with Crippen LogP contribution in [0.15, 0.2) is 30.3 Å². The molecule has 0 aliphatic heterocycles. The zero-order chi connectivity index (χ0) is 17.0. The lowest BCUT2D eigenvalue weighted by molar-refractivity contribution is -0.116. The van der Waals surface area contributed by atoms with Gasteiger partial charge >= 0.3 is 0 Å². The summed E-state index contributed by atoms with van der Waals surface area (Å²) < 4.78 is 39.3. The summed E-state index contributed by atoms with van der Waals surface area (Å²) >= 11 is 11.8. The molecule has 0 spiro atoms. The van der Waals surface area contributed by atoms with Crippen LogP contribution >= 0.6 is 23.2 Å². The summed E-state index contributed by atoms with van der Waals surface area (Å²) in [6, 6.07) is 6.67. The average Bonchev–Trinajstić information content (AvgIpc) is 2.52. The van der Waals surface area contributed by atoms with Crippen LogP contribution in [-0.2, 0) is 4.79 Å². The van der Waals surface area contributed by atoms with Gasteiger partial charge in [0, 0.05) is 13.0 Å². The molecule has 0 saturated heterocycles. The Bertz CT molecular complexity index is 741. The van der Waals surface area contributed by atoms with Gasteiger partial charge in [0.25, 0.3) is 0 Å². The normalized spacial score (nSPS) is 10.5. The largest absolute Gasteiger partial charge is 0.383 e. The van der Waals surface area contributed by atoms with E-state index in [1.165, 1.54) is 0 Å². The molecule has 2 N–H and O–H groups in total. The van der Waals surface area contributed by atoms with Crippen molar-refractivity contribution < 1.29 is 18.0 Å². The highest BCUT2D eigenvalue weighted by Gasteiger charge is 2.15. The average molecular weight is 363 g/mol. The minimum absolute atomic E-state index is 0.0404. The van der Waals surface area contributed by atoms with E-state index in [-0.39, 0.29) is 13.0 Å². The van der Waals surface area contributed by atoms with Gasteiger partial charge in [0.2, 0.25) is 5.91 Å². The molecule has 0 bridgehead atoms.